The third kappa shape index (κ3) is 4.48. The van der Waals surface area contributed by atoms with Gasteiger partial charge in [-0.25, -0.2) is 4.98 Å². The molecule has 1 aromatic heterocycles. The van der Waals surface area contributed by atoms with Gasteiger partial charge in [-0.2, -0.15) is 0 Å². The Morgan fingerprint density at radius 1 is 1.33 bits per heavy atom. The Labute approximate surface area is 159 Å². The normalized spacial score (nSPS) is 15.7. The highest BCUT2D eigenvalue weighted by molar-refractivity contribution is 7.99. The second-order valence-corrected chi connectivity index (χ2v) is 7.19. The number of fused-ring (bicyclic) bond motifs is 1. The number of carbonyl (C=O) groups excluding carboxylic acids is 2. The number of hydrogen-bond donors (Lipinski definition) is 3. The molecule has 1 aromatic carbocycles. The molecule has 27 heavy (non-hydrogen) atoms. The molecule has 0 radical (unpaired) electrons. The van der Waals surface area contributed by atoms with Crippen LogP contribution in [0.5, 0.6) is 5.75 Å². The Morgan fingerprint density at radius 2 is 2.07 bits per heavy atom. The molecule has 0 aliphatic carbocycles. The molecule has 3 rings (SSSR count). The highest BCUT2D eigenvalue weighted by Gasteiger charge is 2.30. The van der Waals surface area contributed by atoms with Gasteiger partial charge in [-0.15, -0.1) is 0 Å². The summed E-state index contributed by atoms with van der Waals surface area (Å²) in [6, 6.07) is 6.89. The summed E-state index contributed by atoms with van der Waals surface area (Å²) >= 11 is 1.44. The molecule has 2 heterocycles. The van der Waals surface area contributed by atoms with Crippen LogP contribution in [0, 0.1) is 0 Å². The van der Waals surface area contributed by atoms with Gasteiger partial charge < -0.3 is 20.8 Å². The number of carbonyl (C=O) groups is 2. The fourth-order valence-electron chi connectivity index (χ4n) is 2.85. The van der Waals surface area contributed by atoms with Crippen molar-refractivity contribution in [1.82, 2.24) is 9.97 Å². The summed E-state index contributed by atoms with van der Waals surface area (Å²) in [5, 5.41) is 3.20. The van der Waals surface area contributed by atoms with Gasteiger partial charge in [0.1, 0.15) is 11.6 Å². The van der Waals surface area contributed by atoms with E-state index in [1.165, 1.54) is 11.8 Å². The lowest BCUT2D eigenvalue weighted by molar-refractivity contribution is -0.120. The molecule has 1 aliphatic heterocycles. The first-order valence-corrected chi connectivity index (χ1v) is 9.54. The number of benzene rings is 1. The number of ether oxygens (including phenoxy) is 1. The van der Waals surface area contributed by atoms with Crippen LogP contribution in [0.3, 0.4) is 0 Å². The van der Waals surface area contributed by atoms with E-state index in [-0.39, 0.29) is 24.5 Å². The van der Waals surface area contributed by atoms with Gasteiger partial charge in [-0.1, -0.05) is 30.8 Å². The Bertz CT molecular complexity index is 911. The number of nitrogens with zero attached hydrogens (tertiary/aromatic N) is 1. The number of nitrogens with one attached hydrogen (secondary N) is 2. The van der Waals surface area contributed by atoms with E-state index >= 15 is 0 Å². The van der Waals surface area contributed by atoms with Crippen LogP contribution in [0.2, 0.25) is 0 Å². The number of amides is 2. The molecule has 142 valence electrons. The third-order valence-corrected chi connectivity index (χ3v) is 5.11. The summed E-state index contributed by atoms with van der Waals surface area (Å²) < 4.78 is 5.24. The Balaban J connectivity index is 1.90. The lowest BCUT2D eigenvalue weighted by Gasteiger charge is -2.24. The van der Waals surface area contributed by atoms with Crippen molar-refractivity contribution in [1.29, 1.82) is 0 Å². The molecule has 0 saturated carbocycles. The van der Waals surface area contributed by atoms with Crippen molar-refractivity contribution >= 4 is 29.4 Å². The number of rotatable bonds is 7. The molecule has 0 unspecified atom stereocenters. The van der Waals surface area contributed by atoms with Crippen LogP contribution in [0.15, 0.2) is 34.2 Å². The van der Waals surface area contributed by atoms with Crippen LogP contribution in [0.4, 0.5) is 5.82 Å². The van der Waals surface area contributed by atoms with E-state index in [1.54, 1.807) is 24.3 Å². The SMILES string of the molecule is CCCSc1nc2c(c(=O)[nH]1)[C@@H](c1ccc(OCC(N)=O)cc1)CC(=O)N2. The van der Waals surface area contributed by atoms with Gasteiger partial charge in [-0.3, -0.25) is 14.4 Å². The number of thioether (sulfide) groups is 1. The zero-order chi connectivity index (χ0) is 19.4. The Hall–Kier alpha value is -2.81. The number of nitrogens with two attached hydrogens (primary N) is 1. The standard InChI is InChI=1S/C18H20N4O4S/c1-2-7-27-18-21-16-15(17(25)22-18)12(8-14(24)20-16)10-3-5-11(6-4-10)26-9-13(19)23/h3-6,12H,2,7-9H2,1H3,(H2,19,23)(H2,20,21,22,24,25)/t12-/m1/s1. The molecule has 2 aromatic rings. The van der Waals surface area contributed by atoms with Gasteiger partial charge in [0, 0.05) is 18.1 Å². The monoisotopic (exact) mass is 388 g/mol. The Morgan fingerprint density at radius 3 is 2.74 bits per heavy atom. The molecule has 1 atom stereocenters. The molecule has 0 fully saturated rings. The van der Waals surface area contributed by atoms with Gasteiger partial charge in [0.15, 0.2) is 11.8 Å². The first kappa shape index (κ1) is 19.0. The summed E-state index contributed by atoms with van der Waals surface area (Å²) in [7, 11) is 0. The van der Waals surface area contributed by atoms with Crippen LogP contribution in [0.25, 0.3) is 0 Å². The first-order chi connectivity index (χ1) is 13.0. The van der Waals surface area contributed by atoms with Gasteiger partial charge in [0.05, 0.1) is 5.56 Å². The summed E-state index contributed by atoms with van der Waals surface area (Å²) in [4.78, 5) is 42.8. The summed E-state index contributed by atoms with van der Waals surface area (Å²) in [5.74, 6) is 0.466. The van der Waals surface area contributed by atoms with Crippen LogP contribution in [0.1, 0.15) is 36.8 Å². The molecule has 2 amide bonds. The minimum Gasteiger partial charge on any atom is -0.484 e. The molecular formula is C18H20N4O4S. The predicted octanol–water partition coefficient (Wildman–Crippen LogP) is 1.61. The van der Waals surface area contributed by atoms with Crippen LogP contribution < -0.4 is 21.3 Å². The first-order valence-electron chi connectivity index (χ1n) is 8.56. The van der Waals surface area contributed by atoms with E-state index in [0.717, 1.165) is 17.7 Å². The molecular weight excluding hydrogens is 368 g/mol. The zero-order valence-corrected chi connectivity index (χ0v) is 15.6. The van der Waals surface area contributed by atoms with Crippen molar-refractivity contribution < 1.29 is 14.3 Å². The summed E-state index contributed by atoms with van der Waals surface area (Å²) in [6.07, 6.45) is 1.10. The van der Waals surface area contributed by atoms with Gasteiger partial charge in [0.2, 0.25) is 5.91 Å². The zero-order valence-electron chi connectivity index (χ0n) is 14.8. The predicted molar refractivity (Wildman–Crippen MR) is 102 cm³/mol. The van der Waals surface area contributed by atoms with E-state index in [4.69, 9.17) is 10.5 Å². The highest BCUT2D eigenvalue weighted by Crippen LogP contribution is 2.35. The van der Waals surface area contributed by atoms with E-state index in [1.807, 2.05) is 6.92 Å². The van der Waals surface area contributed by atoms with Gasteiger partial charge in [-0.05, 0) is 24.1 Å². The average molecular weight is 388 g/mol. The highest BCUT2D eigenvalue weighted by atomic mass is 32.2. The third-order valence-electron chi connectivity index (χ3n) is 4.04. The number of H-pyrrole nitrogens is 1. The second-order valence-electron chi connectivity index (χ2n) is 6.11. The van der Waals surface area contributed by atoms with Crippen LogP contribution >= 0.6 is 11.8 Å². The minimum atomic E-state index is -0.564. The smallest absolute Gasteiger partial charge is 0.257 e. The van der Waals surface area contributed by atoms with Crippen LogP contribution in [-0.2, 0) is 9.59 Å². The maximum absolute atomic E-state index is 12.6. The lowest BCUT2D eigenvalue weighted by Crippen LogP contribution is -2.31. The maximum atomic E-state index is 12.6. The minimum absolute atomic E-state index is 0.153. The van der Waals surface area contributed by atoms with Crippen molar-refractivity contribution in [2.24, 2.45) is 5.73 Å². The fourth-order valence-corrected chi connectivity index (χ4v) is 3.57. The molecule has 0 saturated heterocycles. The van der Waals surface area contributed by atoms with E-state index in [0.29, 0.717) is 22.3 Å². The summed E-state index contributed by atoms with van der Waals surface area (Å²) in [6.45, 7) is 1.83. The number of aromatic nitrogens is 2. The van der Waals surface area contributed by atoms with Crippen molar-refractivity contribution in [3.8, 4) is 5.75 Å². The van der Waals surface area contributed by atoms with Crippen LogP contribution in [-0.4, -0.2) is 34.1 Å². The Kier molecular flexibility index (Phi) is 5.80. The second kappa shape index (κ2) is 8.26. The van der Waals surface area contributed by atoms with Crippen molar-refractivity contribution in [2.45, 2.75) is 30.8 Å². The molecule has 8 nitrogen and oxygen atoms in total. The number of aromatic amines is 1. The average Bonchev–Trinajstić information content (AvgIpc) is 2.64. The molecule has 9 heteroatoms. The number of anilines is 1. The molecule has 0 bridgehead atoms. The number of primary amides is 1. The van der Waals surface area contributed by atoms with E-state index < -0.39 is 11.8 Å². The van der Waals surface area contributed by atoms with Gasteiger partial charge in [0.25, 0.3) is 11.5 Å². The quantitative estimate of drug-likeness (QED) is 0.488. The summed E-state index contributed by atoms with van der Waals surface area (Å²) in [5.41, 5.74) is 6.04. The van der Waals surface area contributed by atoms with Crippen molar-refractivity contribution in [3.63, 3.8) is 0 Å². The van der Waals surface area contributed by atoms with Crippen molar-refractivity contribution in [2.75, 3.05) is 17.7 Å². The largest absolute Gasteiger partial charge is 0.484 e. The van der Waals surface area contributed by atoms with E-state index in [2.05, 4.69) is 15.3 Å². The fraction of sp³-hybridized carbons (Fsp3) is 0.333. The lowest BCUT2D eigenvalue weighted by atomic mass is 9.87. The topological polar surface area (TPSA) is 127 Å². The maximum Gasteiger partial charge on any atom is 0.257 e. The molecule has 4 N–H and O–H groups in total. The number of hydrogen-bond acceptors (Lipinski definition) is 6. The molecule has 1 aliphatic rings. The van der Waals surface area contributed by atoms with Gasteiger partial charge >= 0.3 is 0 Å². The molecule has 0 spiro atoms. The van der Waals surface area contributed by atoms with E-state index in [9.17, 15) is 14.4 Å². The van der Waals surface area contributed by atoms with Crippen molar-refractivity contribution in [3.05, 3.63) is 45.7 Å².